The first-order valence-corrected chi connectivity index (χ1v) is 6.60. The Labute approximate surface area is 105 Å². The molecule has 0 spiro atoms. The van der Waals surface area contributed by atoms with Crippen LogP contribution in [0.2, 0.25) is 5.02 Å². The van der Waals surface area contributed by atoms with Gasteiger partial charge in [0.2, 0.25) is 10.0 Å². The molecule has 0 amide bonds. The molecule has 0 aromatic heterocycles. The second kappa shape index (κ2) is 5.47. The first-order valence-electron chi connectivity index (χ1n) is 4.74. The topological polar surface area (TPSA) is 90.2 Å². The maximum Gasteiger partial charge on any atom is 0.242 e. The maximum atomic E-state index is 11.8. The van der Waals surface area contributed by atoms with Crippen molar-refractivity contribution in [1.29, 1.82) is 5.26 Å². The number of nitriles is 1. The molecule has 1 atom stereocenters. The van der Waals surface area contributed by atoms with Crippen LogP contribution in [0.1, 0.15) is 12.5 Å². The minimum absolute atomic E-state index is 0.00694. The normalized spacial score (nSPS) is 13.1. The van der Waals surface area contributed by atoms with Crippen molar-refractivity contribution in [3.63, 3.8) is 0 Å². The van der Waals surface area contributed by atoms with E-state index in [-0.39, 0.29) is 22.0 Å². The molecule has 92 valence electrons. The molecule has 0 aliphatic heterocycles. The first-order chi connectivity index (χ1) is 7.86. The first kappa shape index (κ1) is 13.9. The maximum absolute atomic E-state index is 11.8. The molecule has 0 aliphatic rings. The molecule has 5 nitrogen and oxygen atoms in total. The molecule has 0 fully saturated rings. The van der Waals surface area contributed by atoms with Gasteiger partial charge in [-0.15, -0.1) is 0 Å². The summed E-state index contributed by atoms with van der Waals surface area (Å²) in [5.41, 5.74) is 0.00694. The average molecular weight is 275 g/mol. The van der Waals surface area contributed by atoms with Gasteiger partial charge in [0, 0.05) is 11.6 Å². The number of nitrogens with zero attached hydrogens (tertiary/aromatic N) is 1. The quantitative estimate of drug-likeness (QED) is 0.852. The molecule has 0 aliphatic carbocycles. The zero-order valence-corrected chi connectivity index (χ0v) is 10.6. The summed E-state index contributed by atoms with van der Waals surface area (Å²) in [6, 6.07) is 5.75. The highest BCUT2D eigenvalue weighted by Crippen LogP contribution is 2.20. The lowest BCUT2D eigenvalue weighted by molar-refractivity contribution is 0.198. The van der Waals surface area contributed by atoms with E-state index < -0.39 is 16.1 Å². The number of aliphatic hydroxyl groups excluding tert-OH is 1. The fraction of sp³-hybridized carbons (Fsp3) is 0.300. The molecule has 0 bridgehead atoms. The van der Waals surface area contributed by atoms with Crippen LogP contribution in [0.5, 0.6) is 0 Å². The van der Waals surface area contributed by atoms with E-state index in [9.17, 15) is 8.42 Å². The average Bonchev–Trinajstić information content (AvgIpc) is 2.26. The fourth-order valence-corrected chi connectivity index (χ4v) is 2.66. The lowest BCUT2D eigenvalue weighted by Crippen LogP contribution is -2.31. The van der Waals surface area contributed by atoms with Gasteiger partial charge >= 0.3 is 0 Å². The van der Waals surface area contributed by atoms with Crippen molar-refractivity contribution in [1.82, 2.24) is 4.72 Å². The largest absolute Gasteiger partial charge is 0.392 e. The van der Waals surface area contributed by atoms with Gasteiger partial charge in [-0.05, 0) is 25.1 Å². The van der Waals surface area contributed by atoms with Gasteiger partial charge in [-0.2, -0.15) is 5.26 Å². The highest BCUT2D eigenvalue weighted by Gasteiger charge is 2.19. The van der Waals surface area contributed by atoms with Crippen molar-refractivity contribution in [2.24, 2.45) is 0 Å². The number of benzene rings is 1. The second-order valence-corrected chi connectivity index (χ2v) is 5.63. The van der Waals surface area contributed by atoms with Gasteiger partial charge in [0.15, 0.2) is 0 Å². The van der Waals surface area contributed by atoms with Crippen LogP contribution >= 0.6 is 11.6 Å². The SMILES string of the molecule is CC(O)CNS(=O)(=O)c1cc(Cl)ccc1C#N. The van der Waals surface area contributed by atoms with Gasteiger partial charge in [0.05, 0.1) is 11.7 Å². The second-order valence-electron chi connectivity index (χ2n) is 3.45. The number of rotatable bonds is 4. The Bertz CT molecular complexity index is 549. The standard InChI is InChI=1S/C10H11ClN2O3S/c1-7(14)6-13-17(15,16)10-4-9(11)3-2-8(10)5-12/h2-4,7,13-14H,6H2,1H3. The summed E-state index contributed by atoms with van der Waals surface area (Å²) < 4.78 is 25.9. The number of hydrogen-bond acceptors (Lipinski definition) is 4. The van der Waals surface area contributed by atoms with Gasteiger partial charge in [0.25, 0.3) is 0 Å². The van der Waals surface area contributed by atoms with Crippen LogP contribution in [0, 0.1) is 11.3 Å². The summed E-state index contributed by atoms with van der Waals surface area (Å²) in [7, 11) is -3.84. The van der Waals surface area contributed by atoms with Crippen LogP contribution in [0.3, 0.4) is 0 Å². The molecule has 0 saturated heterocycles. The predicted octanol–water partition coefficient (Wildman–Crippen LogP) is 0.871. The Morgan fingerprint density at radius 3 is 2.76 bits per heavy atom. The molecule has 1 rings (SSSR count). The van der Waals surface area contributed by atoms with Crippen molar-refractivity contribution in [2.75, 3.05) is 6.54 Å². The molecule has 7 heteroatoms. The number of aliphatic hydroxyl groups is 1. The number of nitrogens with one attached hydrogen (secondary N) is 1. The Morgan fingerprint density at radius 2 is 2.24 bits per heavy atom. The Hall–Kier alpha value is -1.13. The van der Waals surface area contributed by atoms with Crippen LogP contribution in [-0.4, -0.2) is 26.2 Å². The summed E-state index contributed by atoms with van der Waals surface area (Å²) in [5, 5.41) is 18.1. The lowest BCUT2D eigenvalue weighted by atomic mass is 10.2. The highest BCUT2D eigenvalue weighted by atomic mass is 35.5. The van der Waals surface area contributed by atoms with Gasteiger partial charge in [-0.3, -0.25) is 0 Å². The summed E-state index contributed by atoms with van der Waals surface area (Å²) in [6.45, 7) is 1.32. The lowest BCUT2D eigenvalue weighted by Gasteiger charge is -2.09. The molecule has 1 aromatic carbocycles. The van der Waals surface area contributed by atoms with Gasteiger partial charge < -0.3 is 5.11 Å². The van der Waals surface area contributed by atoms with E-state index in [0.29, 0.717) is 0 Å². The third-order valence-corrected chi connectivity index (χ3v) is 3.62. The molecular weight excluding hydrogens is 264 g/mol. The van der Waals surface area contributed by atoms with Gasteiger partial charge in [-0.25, -0.2) is 13.1 Å². The van der Waals surface area contributed by atoms with Crippen LogP contribution < -0.4 is 4.72 Å². The Morgan fingerprint density at radius 1 is 1.59 bits per heavy atom. The number of hydrogen-bond donors (Lipinski definition) is 2. The van der Waals surface area contributed by atoms with E-state index >= 15 is 0 Å². The highest BCUT2D eigenvalue weighted by molar-refractivity contribution is 7.89. The summed E-state index contributed by atoms with van der Waals surface area (Å²) in [4.78, 5) is -0.187. The summed E-state index contributed by atoms with van der Waals surface area (Å²) in [6.07, 6.45) is -0.811. The zero-order valence-electron chi connectivity index (χ0n) is 9.01. The Kier molecular flexibility index (Phi) is 4.48. The number of sulfonamides is 1. The van der Waals surface area contributed by atoms with E-state index in [1.54, 1.807) is 6.07 Å². The van der Waals surface area contributed by atoms with Crippen molar-refractivity contribution in [2.45, 2.75) is 17.9 Å². The monoisotopic (exact) mass is 274 g/mol. The molecular formula is C10H11ClN2O3S. The van der Waals surface area contributed by atoms with Crippen molar-refractivity contribution in [3.05, 3.63) is 28.8 Å². The van der Waals surface area contributed by atoms with Crippen LogP contribution in [-0.2, 0) is 10.0 Å². The van der Waals surface area contributed by atoms with Crippen molar-refractivity contribution < 1.29 is 13.5 Å². The smallest absolute Gasteiger partial charge is 0.242 e. The van der Waals surface area contributed by atoms with Crippen molar-refractivity contribution >= 4 is 21.6 Å². The van der Waals surface area contributed by atoms with Gasteiger partial charge in [0.1, 0.15) is 11.0 Å². The molecule has 0 radical (unpaired) electrons. The zero-order chi connectivity index (χ0) is 13.1. The predicted molar refractivity (Wildman–Crippen MR) is 63.0 cm³/mol. The molecule has 0 saturated carbocycles. The third kappa shape index (κ3) is 3.68. The summed E-state index contributed by atoms with van der Waals surface area (Å²) in [5.74, 6) is 0. The van der Waals surface area contributed by atoms with E-state index in [0.717, 1.165) is 0 Å². The fourth-order valence-electron chi connectivity index (χ4n) is 1.12. The number of halogens is 1. The molecule has 0 heterocycles. The van der Waals surface area contributed by atoms with E-state index in [1.165, 1.54) is 25.1 Å². The Balaban J connectivity index is 3.15. The van der Waals surface area contributed by atoms with E-state index in [4.69, 9.17) is 22.0 Å². The summed E-state index contributed by atoms with van der Waals surface area (Å²) >= 11 is 5.69. The molecule has 1 unspecified atom stereocenters. The van der Waals surface area contributed by atoms with E-state index in [1.807, 2.05) is 0 Å². The van der Waals surface area contributed by atoms with E-state index in [2.05, 4.69) is 4.72 Å². The van der Waals surface area contributed by atoms with Crippen LogP contribution in [0.4, 0.5) is 0 Å². The van der Waals surface area contributed by atoms with Crippen molar-refractivity contribution in [3.8, 4) is 6.07 Å². The van der Waals surface area contributed by atoms with Crippen LogP contribution in [0.15, 0.2) is 23.1 Å². The minimum Gasteiger partial charge on any atom is -0.392 e. The molecule has 1 aromatic rings. The van der Waals surface area contributed by atoms with Gasteiger partial charge in [-0.1, -0.05) is 11.6 Å². The molecule has 17 heavy (non-hydrogen) atoms. The van der Waals surface area contributed by atoms with Crippen LogP contribution in [0.25, 0.3) is 0 Å². The molecule has 2 N–H and O–H groups in total. The third-order valence-electron chi connectivity index (χ3n) is 1.92. The minimum atomic E-state index is -3.84.